The standard InChI is InChI=1S/C22H28N4O2/c1-16(2)28-19-10-8-18(9-11-19)25-22-24-15-13-20(26-22)21(27)23-14-12-17-6-4-3-5-7-17/h6,8-11,13,15-16H,3-5,7,12,14H2,1-2H3,(H,23,27)(H,24,25,26). The molecule has 1 amide bonds. The molecule has 0 bridgehead atoms. The number of amides is 1. The lowest BCUT2D eigenvalue weighted by Gasteiger charge is -2.13. The van der Waals surface area contributed by atoms with Gasteiger partial charge in [0.25, 0.3) is 5.91 Å². The Morgan fingerprint density at radius 3 is 2.71 bits per heavy atom. The molecule has 1 aromatic carbocycles. The van der Waals surface area contributed by atoms with E-state index in [0.29, 0.717) is 18.2 Å². The van der Waals surface area contributed by atoms with Crippen molar-refractivity contribution >= 4 is 17.5 Å². The topological polar surface area (TPSA) is 76.1 Å². The van der Waals surface area contributed by atoms with Gasteiger partial charge < -0.3 is 15.4 Å². The van der Waals surface area contributed by atoms with E-state index < -0.39 is 0 Å². The maximum Gasteiger partial charge on any atom is 0.270 e. The second kappa shape index (κ2) is 9.88. The van der Waals surface area contributed by atoms with E-state index >= 15 is 0 Å². The Hall–Kier alpha value is -2.89. The molecule has 1 aliphatic rings. The zero-order valence-corrected chi connectivity index (χ0v) is 16.6. The molecule has 2 aromatic rings. The van der Waals surface area contributed by atoms with Gasteiger partial charge in [0.15, 0.2) is 0 Å². The molecule has 6 heteroatoms. The number of nitrogens with one attached hydrogen (secondary N) is 2. The summed E-state index contributed by atoms with van der Waals surface area (Å²) in [4.78, 5) is 20.9. The van der Waals surface area contributed by atoms with E-state index in [4.69, 9.17) is 4.74 Å². The number of rotatable bonds is 8. The number of hydrogen-bond donors (Lipinski definition) is 2. The molecule has 6 nitrogen and oxygen atoms in total. The number of allylic oxidation sites excluding steroid dienone is 1. The van der Waals surface area contributed by atoms with Crippen LogP contribution >= 0.6 is 0 Å². The first kappa shape index (κ1) is 19.9. The molecule has 0 fully saturated rings. The van der Waals surface area contributed by atoms with Gasteiger partial charge in [0, 0.05) is 18.4 Å². The number of carbonyl (C=O) groups is 1. The van der Waals surface area contributed by atoms with Gasteiger partial charge in [0.05, 0.1) is 6.10 Å². The predicted molar refractivity (Wildman–Crippen MR) is 111 cm³/mol. The molecule has 148 valence electrons. The fourth-order valence-electron chi connectivity index (χ4n) is 3.12. The van der Waals surface area contributed by atoms with Gasteiger partial charge >= 0.3 is 0 Å². The van der Waals surface area contributed by atoms with Crippen LogP contribution in [0.2, 0.25) is 0 Å². The number of benzene rings is 1. The van der Waals surface area contributed by atoms with Crippen LogP contribution in [0.25, 0.3) is 0 Å². The van der Waals surface area contributed by atoms with Crippen molar-refractivity contribution in [3.63, 3.8) is 0 Å². The van der Waals surface area contributed by atoms with Gasteiger partial charge in [-0.15, -0.1) is 0 Å². The zero-order chi connectivity index (χ0) is 19.8. The zero-order valence-electron chi connectivity index (χ0n) is 16.6. The number of carbonyl (C=O) groups excluding carboxylic acids is 1. The predicted octanol–water partition coefficient (Wildman–Crippen LogP) is 4.63. The summed E-state index contributed by atoms with van der Waals surface area (Å²) in [6.45, 7) is 4.61. The summed E-state index contributed by atoms with van der Waals surface area (Å²) in [6.07, 6.45) is 9.78. The normalized spacial score (nSPS) is 13.8. The Balaban J connectivity index is 1.54. The molecule has 0 atom stereocenters. The summed E-state index contributed by atoms with van der Waals surface area (Å²) < 4.78 is 5.64. The second-order valence-electron chi connectivity index (χ2n) is 7.20. The fourth-order valence-corrected chi connectivity index (χ4v) is 3.12. The van der Waals surface area contributed by atoms with Crippen LogP contribution in [0.4, 0.5) is 11.6 Å². The Bertz CT molecular complexity index is 816. The fraction of sp³-hybridized carbons (Fsp3) is 0.409. The SMILES string of the molecule is CC(C)Oc1ccc(Nc2nccc(C(=O)NCCC3=CCCCC3)n2)cc1. The molecule has 3 rings (SSSR count). The minimum Gasteiger partial charge on any atom is -0.491 e. The summed E-state index contributed by atoms with van der Waals surface area (Å²) in [7, 11) is 0. The van der Waals surface area contributed by atoms with Gasteiger partial charge in [0.1, 0.15) is 11.4 Å². The minimum atomic E-state index is -0.178. The lowest BCUT2D eigenvalue weighted by atomic mass is 9.97. The number of ether oxygens (including phenoxy) is 1. The molecule has 0 spiro atoms. The Kier molecular flexibility index (Phi) is 7.00. The van der Waals surface area contributed by atoms with E-state index in [1.165, 1.54) is 18.4 Å². The van der Waals surface area contributed by atoms with Gasteiger partial charge in [-0.3, -0.25) is 4.79 Å². The molecule has 28 heavy (non-hydrogen) atoms. The van der Waals surface area contributed by atoms with Crippen LogP contribution in [0.1, 0.15) is 56.4 Å². The van der Waals surface area contributed by atoms with Gasteiger partial charge in [-0.2, -0.15) is 0 Å². The van der Waals surface area contributed by atoms with Crippen molar-refractivity contribution < 1.29 is 9.53 Å². The minimum absolute atomic E-state index is 0.131. The number of nitrogens with zero attached hydrogens (tertiary/aromatic N) is 2. The van der Waals surface area contributed by atoms with Crippen molar-refractivity contribution in [2.45, 2.75) is 52.1 Å². The van der Waals surface area contributed by atoms with Crippen molar-refractivity contribution in [1.29, 1.82) is 0 Å². The highest BCUT2D eigenvalue weighted by Crippen LogP contribution is 2.20. The van der Waals surface area contributed by atoms with Crippen molar-refractivity contribution in [1.82, 2.24) is 15.3 Å². The first-order valence-corrected chi connectivity index (χ1v) is 9.93. The van der Waals surface area contributed by atoms with Crippen LogP contribution in [0, 0.1) is 0 Å². The summed E-state index contributed by atoms with van der Waals surface area (Å²) in [6, 6.07) is 9.19. The Labute approximate surface area is 166 Å². The molecule has 1 heterocycles. The number of hydrogen-bond acceptors (Lipinski definition) is 5. The third kappa shape index (κ3) is 6.08. The van der Waals surface area contributed by atoms with Crippen molar-refractivity contribution in [3.8, 4) is 5.75 Å². The molecule has 0 saturated heterocycles. The molecule has 0 saturated carbocycles. The van der Waals surface area contributed by atoms with Crippen molar-refractivity contribution in [3.05, 3.63) is 53.9 Å². The van der Waals surface area contributed by atoms with Crippen molar-refractivity contribution in [2.24, 2.45) is 0 Å². The number of anilines is 2. The maximum atomic E-state index is 12.4. The van der Waals surface area contributed by atoms with E-state index in [9.17, 15) is 4.79 Å². The van der Waals surface area contributed by atoms with E-state index in [1.807, 2.05) is 38.1 Å². The monoisotopic (exact) mass is 380 g/mol. The van der Waals surface area contributed by atoms with Crippen LogP contribution in [0.15, 0.2) is 48.2 Å². The van der Waals surface area contributed by atoms with E-state index in [2.05, 4.69) is 26.7 Å². The highest BCUT2D eigenvalue weighted by atomic mass is 16.5. The van der Waals surface area contributed by atoms with Crippen LogP contribution in [-0.2, 0) is 0 Å². The Morgan fingerprint density at radius 1 is 1.18 bits per heavy atom. The molecular weight excluding hydrogens is 352 g/mol. The van der Waals surface area contributed by atoms with Gasteiger partial charge in [-0.25, -0.2) is 9.97 Å². The summed E-state index contributed by atoms with van der Waals surface area (Å²) >= 11 is 0. The van der Waals surface area contributed by atoms with E-state index in [1.54, 1.807) is 12.3 Å². The van der Waals surface area contributed by atoms with Crippen LogP contribution in [-0.4, -0.2) is 28.5 Å². The maximum absolute atomic E-state index is 12.4. The third-order valence-corrected chi connectivity index (χ3v) is 4.49. The smallest absolute Gasteiger partial charge is 0.270 e. The summed E-state index contributed by atoms with van der Waals surface area (Å²) in [5, 5.41) is 6.07. The lowest BCUT2D eigenvalue weighted by molar-refractivity contribution is 0.0949. The first-order valence-electron chi connectivity index (χ1n) is 9.93. The molecule has 2 N–H and O–H groups in total. The third-order valence-electron chi connectivity index (χ3n) is 4.49. The molecule has 1 aliphatic carbocycles. The highest BCUT2D eigenvalue weighted by molar-refractivity contribution is 5.92. The number of aromatic nitrogens is 2. The van der Waals surface area contributed by atoms with Crippen LogP contribution in [0.5, 0.6) is 5.75 Å². The van der Waals surface area contributed by atoms with Crippen LogP contribution in [0.3, 0.4) is 0 Å². The van der Waals surface area contributed by atoms with E-state index in [-0.39, 0.29) is 12.0 Å². The van der Waals surface area contributed by atoms with E-state index in [0.717, 1.165) is 30.7 Å². The molecule has 0 radical (unpaired) electrons. The second-order valence-corrected chi connectivity index (χ2v) is 7.20. The van der Waals surface area contributed by atoms with Crippen LogP contribution < -0.4 is 15.4 Å². The summed E-state index contributed by atoms with van der Waals surface area (Å²) in [5.74, 6) is 1.02. The van der Waals surface area contributed by atoms with Gasteiger partial charge in [0.2, 0.25) is 5.95 Å². The Morgan fingerprint density at radius 2 is 2.00 bits per heavy atom. The van der Waals surface area contributed by atoms with Crippen molar-refractivity contribution in [2.75, 3.05) is 11.9 Å². The van der Waals surface area contributed by atoms with Gasteiger partial charge in [-0.1, -0.05) is 11.6 Å². The molecule has 0 aliphatic heterocycles. The quantitative estimate of drug-likeness (QED) is 0.653. The molecule has 0 unspecified atom stereocenters. The largest absolute Gasteiger partial charge is 0.491 e. The summed E-state index contributed by atoms with van der Waals surface area (Å²) in [5.41, 5.74) is 2.63. The molecular formula is C22H28N4O2. The average molecular weight is 380 g/mol. The lowest BCUT2D eigenvalue weighted by Crippen LogP contribution is -2.26. The highest BCUT2D eigenvalue weighted by Gasteiger charge is 2.10. The first-order chi connectivity index (χ1) is 13.6. The van der Waals surface area contributed by atoms with Gasteiger partial charge in [-0.05, 0) is 76.3 Å². The average Bonchev–Trinajstić information content (AvgIpc) is 2.70. The molecule has 1 aromatic heterocycles.